The second kappa shape index (κ2) is 11.1. The minimum Gasteiger partial charge on any atom is -0.494 e. The summed E-state index contributed by atoms with van der Waals surface area (Å²) in [5.74, 6) is 0.0138. The smallest absolute Gasteiger partial charge is 0.251 e. The lowest BCUT2D eigenvalue weighted by molar-refractivity contribution is -0.124. The molecule has 3 aromatic rings. The number of pyridine rings is 1. The number of carbonyl (C=O) groups excluding carboxylic acids is 2. The number of benzene rings is 2. The second-order valence-electron chi connectivity index (χ2n) is 7.76. The SMILES string of the molecule is CCOc1ccc(C(=O)NC(C(=O)NC(c2ccccc2)c2ccccn2)C(C)C)cc1. The van der Waals surface area contributed by atoms with Crippen LogP contribution in [0.15, 0.2) is 79.0 Å². The summed E-state index contributed by atoms with van der Waals surface area (Å²) >= 11 is 0. The van der Waals surface area contributed by atoms with Crippen LogP contribution in [0.2, 0.25) is 0 Å². The molecule has 2 unspecified atom stereocenters. The van der Waals surface area contributed by atoms with Crippen LogP contribution < -0.4 is 15.4 Å². The predicted molar refractivity (Wildman–Crippen MR) is 124 cm³/mol. The number of hydrogen-bond donors (Lipinski definition) is 2. The summed E-state index contributed by atoms with van der Waals surface area (Å²) in [6, 6.07) is 21.0. The lowest BCUT2D eigenvalue weighted by Gasteiger charge is -2.26. The van der Waals surface area contributed by atoms with Crippen molar-refractivity contribution in [1.82, 2.24) is 15.6 Å². The summed E-state index contributed by atoms with van der Waals surface area (Å²) < 4.78 is 5.42. The Hall–Kier alpha value is -3.67. The molecule has 0 bridgehead atoms. The van der Waals surface area contributed by atoms with E-state index in [1.54, 1.807) is 30.5 Å². The molecule has 0 aliphatic carbocycles. The van der Waals surface area contributed by atoms with E-state index in [0.717, 1.165) is 11.3 Å². The number of nitrogens with zero attached hydrogens (tertiary/aromatic N) is 1. The third-order valence-corrected chi connectivity index (χ3v) is 5.07. The van der Waals surface area contributed by atoms with Gasteiger partial charge in [0, 0.05) is 11.8 Å². The standard InChI is InChI=1S/C26H29N3O3/c1-4-32-21-15-13-20(14-16-21)25(30)28-23(18(2)3)26(31)29-24(19-10-6-5-7-11-19)22-12-8-9-17-27-22/h5-18,23-24H,4H2,1-3H3,(H,28,30)(H,29,31). The normalized spacial score (nSPS) is 12.6. The van der Waals surface area contributed by atoms with E-state index in [-0.39, 0.29) is 17.7 Å². The first kappa shape index (κ1) is 23.0. The van der Waals surface area contributed by atoms with E-state index in [1.165, 1.54) is 0 Å². The molecule has 6 nitrogen and oxygen atoms in total. The molecule has 2 N–H and O–H groups in total. The van der Waals surface area contributed by atoms with Gasteiger partial charge in [-0.15, -0.1) is 0 Å². The van der Waals surface area contributed by atoms with Crippen LogP contribution in [0.4, 0.5) is 0 Å². The van der Waals surface area contributed by atoms with Crippen molar-refractivity contribution in [1.29, 1.82) is 0 Å². The van der Waals surface area contributed by atoms with Crippen LogP contribution >= 0.6 is 0 Å². The Morgan fingerprint density at radius 2 is 1.59 bits per heavy atom. The summed E-state index contributed by atoms with van der Waals surface area (Å²) in [6.45, 7) is 6.27. The number of carbonyl (C=O) groups is 2. The van der Waals surface area contributed by atoms with E-state index in [0.29, 0.717) is 17.9 Å². The molecule has 0 fully saturated rings. The van der Waals surface area contributed by atoms with Crippen molar-refractivity contribution in [3.8, 4) is 5.75 Å². The molecule has 0 radical (unpaired) electrons. The van der Waals surface area contributed by atoms with Crippen LogP contribution in [0.5, 0.6) is 5.75 Å². The van der Waals surface area contributed by atoms with Gasteiger partial charge in [0.15, 0.2) is 0 Å². The molecule has 1 heterocycles. The van der Waals surface area contributed by atoms with Crippen molar-refractivity contribution in [3.05, 3.63) is 95.8 Å². The molecule has 0 aliphatic heterocycles. The Balaban J connectivity index is 1.77. The van der Waals surface area contributed by atoms with Crippen LogP contribution in [0.1, 0.15) is 48.4 Å². The largest absolute Gasteiger partial charge is 0.494 e. The van der Waals surface area contributed by atoms with Crippen molar-refractivity contribution < 1.29 is 14.3 Å². The quantitative estimate of drug-likeness (QED) is 0.534. The molecule has 2 atom stereocenters. The van der Waals surface area contributed by atoms with Gasteiger partial charge in [-0.3, -0.25) is 14.6 Å². The highest BCUT2D eigenvalue weighted by molar-refractivity contribution is 5.97. The van der Waals surface area contributed by atoms with E-state index in [1.807, 2.05) is 69.3 Å². The zero-order valence-electron chi connectivity index (χ0n) is 18.6. The van der Waals surface area contributed by atoms with Crippen LogP contribution in [-0.4, -0.2) is 29.4 Å². The summed E-state index contributed by atoms with van der Waals surface area (Å²) in [5.41, 5.74) is 2.11. The highest BCUT2D eigenvalue weighted by Crippen LogP contribution is 2.21. The van der Waals surface area contributed by atoms with Gasteiger partial charge in [0.25, 0.3) is 5.91 Å². The van der Waals surface area contributed by atoms with Crippen LogP contribution in [0.3, 0.4) is 0 Å². The molecule has 0 aliphatic rings. The first-order valence-corrected chi connectivity index (χ1v) is 10.8. The Morgan fingerprint density at radius 3 is 2.19 bits per heavy atom. The topological polar surface area (TPSA) is 80.3 Å². The van der Waals surface area contributed by atoms with Gasteiger partial charge >= 0.3 is 0 Å². The van der Waals surface area contributed by atoms with E-state index in [2.05, 4.69) is 15.6 Å². The maximum absolute atomic E-state index is 13.3. The molecule has 3 rings (SSSR count). The highest BCUT2D eigenvalue weighted by Gasteiger charge is 2.28. The van der Waals surface area contributed by atoms with Crippen LogP contribution in [-0.2, 0) is 4.79 Å². The third kappa shape index (κ3) is 5.94. The Bertz CT molecular complexity index is 966. The lowest BCUT2D eigenvalue weighted by Crippen LogP contribution is -2.50. The number of rotatable bonds is 9. The predicted octanol–water partition coefficient (Wildman–Crippen LogP) is 4.14. The van der Waals surface area contributed by atoms with Crippen molar-refractivity contribution in [2.24, 2.45) is 5.92 Å². The maximum atomic E-state index is 13.3. The monoisotopic (exact) mass is 431 g/mol. The zero-order valence-corrected chi connectivity index (χ0v) is 18.6. The number of amides is 2. The second-order valence-corrected chi connectivity index (χ2v) is 7.76. The van der Waals surface area contributed by atoms with E-state index in [9.17, 15) is 9.59 Å². The molecular weight excluding hydrogens is 402 g/mol. The third-order valence-electron chi connectivity index (χ3n) is 5.07. The first-order chi connectivity index (χ1) is 15.5. The van der Waals surface area contributed by atoms with Crippen molar-refractivity contribution >= 4 is 11.8 Å². The number of nitrogens with one attached hydrogen (secondary N) is 2. The lowest BCUT2D eigenvalue weighted by atomic mass is 9.99. The molecule has 6 heteroatoms. The summed E-state index contributed by atoms with van der Waals surface area (Å²) in [5, 5.41) is 5.96. The Morgan fingerprint density at radius 1 is 0.906 bits per heavy atom. The van der Waals surface area contributed by atoms with Crippen molar-refractivity contribution in [3.63, 3.8) is 0 Å². The highest BCUT2D eigenvalue weighted by atomic mass is 16.5. The average Bonchev–Trinajstić information content (AvgIpc) is 2.82. The van der Waals surface area contributed by atoms with Crippen LogP contribution in [0, 0.1) is 5.92 Å². The van der Waals surface area contributed by atoms with E-state index < -0.39 is 12.1 Å². The van der Waals surface area contributed by atoms with Crippen molar-refractivity contribution in [2.45, 2.75) is 32.9 Å². The summed E-state index contributed by atoms with van der Waals surface area (Å²) in [6.07, 6.45) is 1.70. The van der Waals surface area contributed by atoms with Gasteiger partial charge in [-0.25, -0.2) is 0 Å². The summed E-state index contributed by atoms with van der Waals surface area (Å²) in [7, 11) is 0. The molecule has 2 amide bonds. The number of hydrogen-bond acceptors (Lipinski definition) is 4. The van der Waals surface area contributed by atoms with Gasteiger partial charge in [-0.1, -0.05) is 50.2 Å². The molecule has 32 heavy (non-hydrogen) atoms. The molecule has 0 saturated heterocycles. The van der Waals surface area contributed by atoms with Gasteiger partial charge < -0.3 is 15.4 Å². The number of ether oxygens (including phenoxy) is 1. The molecule has 1 aromatic heterocycles. The molecular formula is C26H29N3O3. The fourth-order valence-electron chi connectivity index (χ4n) is 3.38. The van der Waals surface area contributed by atoms with Gasteiger partial charge in [0.1, 0.15) is 11.8 Å². The summed E-state index contributed by atoms with van der Waals surface area (Å²) in [4.78, 5) is 30.5. The molecule has 0 saturated carbocycles. The minimum absolute atomic E-state index is 0.109. The Kier molecular flexibility index (Phi) is 7.97. The van der Waals surface area contributed by atoms with Gasteiger partial charge in [-0.2, -0.15) is 0 Å². The molecule has 0 spiro atoms. The zero-order chi connectivity index (χ0) is 22.9. The van der Waals surface area contributed by atoms with Gasteiger partial charge in [0.2, 0.25) is 5.91 Å². The fraction of sp³-hybridized carbons (Fsp3) is 0.269. The maximum Gasteiger partial charge on any atom is 0.251 e. The van der Waals surface area contributed by atoms with E-state index in [4.69, 9.17) is 4.74 Å². The van der Waals surface area contributed by atoms with E-state index >= 15 is 0 Å². The van der Waals surface area contributed by atoms with Gasteiger partial charge in [0.05, 0.1) is 18.3 Å². The van der Waals surface area contributed by atoms with Crippen LogP contribution in [0.25, 0.3) is 0 Å². The van der Waals surface area contributed by atoms with Gasteiger partial charge in [-0.05, 0) is 54.8 Å². The first-order valence-electron chi connectivity index (χ1n) is 10.8. The fourth-order valence-corrected chi connectivity index (χ4v) is 3.38. The number of aromatic nitrogens is 1. The minimum atomic E-state index is -0.705. The molecule has 2 aromatic carbocycles. The Labute approximate surface area is 189 Å². The molecule has 166 valence electrons. The van der Waals surface area contributed by atoms with Crippen molar-refractivity contribution in [2.75, 3.05) is 6.61 Å². The average molecular weight is 432 g/mol.